The van der Waals surface area contributed by atoms with Crippen LogP contribution >= 0.6 is 11.3 Å². The molecule has 0 spiro atoms. The van der Waals surface area contributed by atoms with Gasteiger partial charge in [0.05, 0.1) is 5.54 Å². The summed E-state index contributed by atoms with van der Waals surface area (Å²) >= 11 is 1.62. The highest BCUT2D eigenvalue weighted by Crippen LogP contribution is 2.39. The third-order valence-corrected chi connectivity index (χ3v) is 5.21. The first-order valence-corrected chi connectivity index (χ1v) is 8.28. The lowest BCUT2D eigenvalue weighted by Crippen LogP contribution is -2.53. The minimum atomic E-state index is -0.310. The third-order valence-electron chi connectivity index (χ3n) is 4.25. The van der Waals surface area contributed by atoms with Gasteiger partial charge in [0, 0.05) is 34.7 Å². The van der Waals surface area contributed by atoms with Crippen molar-refractivity contribution in [3.63, 3.8) is 0 Å². The van der Waals surface area contributed by atoms with Crippen LogP contribution in [0.5, 0.6) is 0 Å². The van der Waals surface area contributed by atoms with Crippen molar-refractivity contribution >= 4 is 23.0 Å². The van der Waals surface area contributed by atoms with Crippen molar-refractivity contribution in [2.45, 2.75) is 52.0 Å². The average Bonchev–Trinajstić information content (AvgIpc) is 3.22. The maximum atomic E-state index is 12.2. The van der Waals surface area contributed by atoms with Gasteiger partial charge >= 0.3 is 0 Å². The number of amides is 1. The molecule has 1 saturated carbocycles. The van der Waals surface area contributed by atoms with Crippen molar-refractivity contribution in [2.24, 2.45) is 11.7 Å². The van der Waals surface area contributed by atoms with E-state index in [0.29, 0.717) is 12.5 Å². The molecule has 0 saturated heterocycles. The molecule has 1 aromatic rings. The van der Waals surface area contributed by atoms with Gasteiger partial charge < -0.3 is 11.1 Å². The molecular formula is C16H24N2O2S. The maximum absolute atomic E-state index is 12.2. The number of thiophene rings is 1. The molecule has 1 heterocycles. The molecule has 4 nitrogen and oxygen atoms in total. The van der Waals surface area contributed by atoms with Crippen molar-refractivity contribution < 1.29 is 9.59 Å². The molecule has 1 fully saturated rings. The molecular weight excluding hydrogens is 284 g/mol. The van der Waals surface area contributed by atoms with Crippen molar-refractivity contribution in [2.75, 3.05) is 6.54 Å². The Morgan fingerprint density at radius 1 is 1.38 bits per heavy atom. The fraction of sp³-hybridized carbons (Fsp3) is 0.625. The van der Waals surface area contributed by atoms with E-state index in [9.17, 15) is 9.59 Å². The summed E-state index contributed by atoms with van der Waals surface area (Å²) in [6, 6.07) is 1.91. The summed E-state index contributed by atoms with van der Waals surface area (Å²) in [7, 11) is 0. The monoisotopic (exact) mass is 308 g/mol. The largest absolute Gasteiger partial charge is 0.349 e. The molecule has 0 aliphatic heterocycles. The Labute approximate surface area is 130 Å². The summed E-state index contributed by atoms with van der Waals surface area (Å²) < 4.78 is 0. The standard InChI is InChI=1S/C16H24N2O2S/c1-10-8-13(11(2)21-10)14(19)6-7-15(20)18-16(3,9-17)12-4-5-12/h8,12H,4-7,9,17H2,1-3H3,(H,18,20). The number of carbonyl (C=O) groups excluding carboxylic acids is 2. The second-order valence-corrected chi connectivity index (χ2v) is 7.65. The first-order valence-electron chi connectivity index (χ1n) is 7.47. The van der Waals surface area contributed by atoms with Gasteiger partial charge in [-0.2, -0.15) is 0 Å². The van der Waals surface area contributed by atoms with Gasteiger partial charge in [0.2, 0.25) is 5.91 Å². The summed E-state index contributed by atoms with van der Waals surface area (Å²) in [6.07, 6.45) is 2.74. The van der Waals surface area contributed by atoms with Crippen molar-refractivity contribution in [1.82, 2.24) is 5.32 Å². The molecule has 116 valence electrons. The van der Waals surface area contributed by atoms with E-state index in [-0.39, 0.29) is 30.1 Å². The molecule has 21 heavy (non-hydrogen) atoms. The molecule has 1 amide bonds. The van der Waals surface area contributed by atoms with Gasteiger partial charge in [0.1, 0.15) is 0 Å². The molecule has 3 N–H and O–H groups in total. The lowest BCUT2D eigenvalue weighted by atomic mass is 9.95. The van der Waals surface area contributed by atoms with Crippen LogP contribution in [0.3, 0.4) is 0 Å². The molecule has 1 aliphatic rings. The smallest absolute Gasteiger partial charge is 0.220 e. The van der Waals surface area contributed by atoms with Crippen LogP contribution in [0.1, 0.15) is 52.7 Å². The normalized spacial score (nSPS) is 17.3. The first kappa shape index (κ1) is 16.2. The maximum Gasteiger partial charge on any atom is 0.220 e. The zero-order valence-electron chi connectivity index (χ0n) is 13.0. The number of rotatable bonds is 7. The SMILES string of the molecule is Cc1cc(C(=O)CCC(=O)NC(C)(CN)C2CC2)c(C)s1. The molecule has 0 bridgehead atoms. The predicted molar refractivity (Wildman–Crippen MR) is 85.7 cm³/mol. The van der Waals surface area contributed by atoms with Crippen LogP contribution in [-0.2, 0) is 4.79 Å². The molecule has 0 radical (unpaired) electrons. The number of ketones is 1. The third kappa shape index (κ3) is 3.92. The zero-order chi connectivity index (χ0) is 15.6. The number of carbonyl (C=O) groups is 2. The van der Waals surface area contributed by atoms with Crippen molar-refractivity contribution in [1.29, 1.82) is 0 Å². The Morgan fingerprint density at radius 3 is 2.52 bits per heavy atom. The lowest BCUT2D eigenvalue weighted by Gasteiger charge is -2.29. The van der Waals surface area contributed by atoms with Gasteiger partial charge in [0.25, 0.3) is 0 Å². The van der Waals surface area contributed by atoms with Crippen molar-refractivity contribution in [3.8, 4) is 0 Å². The number of nitrogens with one attached hydrogen (secondary N) is 1. The number of Topliss-reactive ketones (excluding diaryl/α,β-unsaturated/α-hetero) is 1. The molecule has 1 atom stereocenters. The summed E-state index contributed by atoms with van der Waals surface area (Å²) in [4.78, 5) is 26.4. The average molecular weight is 308 g/mol. The van der Waals surface area contributed by atoms with E-state index in [1.165, 1.54) is 0 Å². The van der Waals surface area contributed by atoms with E-state index in [4.69, 9.17) is 5.73 Å². The van der Waals surface area contributed by atoms with E-state index in [1.807, 2.05) is 26.8 Å². The van der Waals surface area contributed by atoms with Gasteiger partial charge in [-0.05, 0) is 45.6 Å². The quantitative estimate of drug-likeness (QED) is 0.760. The molecule has 1 aromatic heterocycles. The first-order chi connectivity index (χ1) is 9.85. The second kappa shape index (κ2) is 6.28. The molecule has 1 aliphatic carbocycles. The number of nitrogens with two attached hydrogens (primary N) is 1. The van der Waals surface area contributed by atoms with Crippen molar-refractivity contribution in [3.05, 3.63) is 21.4 Å². The second-order valence-electron chi connectivity index (χ2n) is 6.19. The van der Waals surface area contributed by atoms with E-state index in [1.54, 1.807) is 11.3 Å². The summed E-state index contributed by atoms with van der Waals surface area (Å²) in [6.45, 7) is 6.38. The van der Waals surface area contributed by atoms with Crippen LogP contribution in [0, 0.1) is 19.8 Å². The minimum Gasteiger partial charge on any atom is -0.349 e. The van der Waals surface area contributed by atoms with E-state index in [0.717, 1.165) is 28.2 Å². The fourth-order valence-corrected chi connectivity index (χ4v) is 3.63. The van der Waals surface area contributed by atoms with E-state index in [2.05, 4.69) is 5.32 Å². The van der Waals surface area contributed by atoms with E-state index < -0.39 is 0 Å². The van der Waals surface area contributed by atoms with Crippen LogP contribution < -0.4 is 11.1 Å². The van der Waals surface area contributed by atoms with Crippen LogP contribution in [0.25, 0.3) is 0 Å². The predicted octanol–water partition coefficient (Wildman–Crippen LogP) is 2.57. The fourth-order valence-electron chi connectivity index (χ4n) is 2.69. The summed E-state index contributed by atoms with van der Waals surface area (Å²) in [5.41, 5.74) is 6.23. The summed E-state index contributed by atoms with van der Waals surface area (Å²) in [5.74, 6) is 0.463. The number of hydrogen-bond acceptors (Lipinski definition) is 4. The van der Waals surface area contributed by atoms with Crippen LogP contribution in [0.4, 0.5) is 0 Å². The minimum absolute atomic E-state index is 0.0490. The molecule has 5 heteroatoms. The molecule has 1 unspecified atom stereocenters. The Morgan fingerprint density at radius 2 is 2.05 bits per heavy atom. The molecule has 2 rings (SSSR count). The highest BCUT2D eigenvalue weighted by Gasteiger charge is 2.41. The van der Waals surface area contributed by atoms with Crippen LogP contribution in [0.15, 0.2) is 6.07 Å². The molecule has 0 aromatic carbocycles. The van der Waals surface area contributed by atoms with E-state index >= 15 is 0 Å². The number of hydrogen-bond donors (Lipinski definition) is 2. The highest BCUT2D eigenvalue weighted by atomic mass is 32.1. The number of aryl methyl sites for hydroxylation is 2. The summed E-state index contributed by atoms with van der Waals surface area (Å²) in [5, 5.41) is 3.02. The Kier molecular flexibility index (Phi) is 4.84. The van der Waals surface area contributed by atoms with Gasteiger partial charge in [-0.1, -0.05) is 0 Å². The highest BCUT2D eigenvalue weighted by molar-refractivity contribution is 7.12. The van der Waals surface area contributed by atoms with Gasteiger partial charge in [-0.15, -0.1) is 11.3 Å². The Bertz CT molecular complexity index is 548. The Hall–Kier alpha value is -1.20. The van der Waals surface area contributed by atoms with Crippen LogP contribution in [-0.4, -0.2) is 23.8 Å². The Balaban J connectivity index is 1.86. The van der Waals surface area contributed by atoms with Gasteiger partial charge in [-0.3, -0.25) is 9.59 Å². The van der Waals surface area contributed by atoms with Crippen LogP contribution in [0.2, 0.25) is 0 Å². The van der Waals surface area contributed by atoms with Gasteiger partial charge in [0.15, 0.2) is 5.78 Å². The zero-order valence-corrected chi connectivity index (χ0v) is 13.8. The van der Waals surface area contributed by atoms with Gasteiger partial charge in [-0.25, -0.2) is 0 Å². The lowest BCUT2D eigenvalue weighted by molar-refractivity contribution is -0.123. The topological polar surface area (TPSA) is 72.2 Å².